The molecule has 0 N–H and O–H groups in total. The second-order valence-corrected chi connectivity index (χ2v) is 4.84. The number of hydrogen-bond acceptors (Lipinski definition) is 2. The van der Waals surface area contributed by atoms with E-state index < -0.39 is 11.7 Å². The molecule has 0 atom stereocenters. The van der Waals surface area contributed by atoms with Gasteiger partial charge in [0.2, 0.25) is 0 Å². The van der Waals surface area contributed by atoms with Crippen molar-refractivity contribution >= 4 is 27.5 Å². The van der Waals surface area contributed by atoms with Gasteiger partial charge in [-0.15, -0.1) is 0 Å². The number of para-hydroxylation sites is 1. The van der Waals surface area contributed by atoms with Crippen molar-refractivity contribution in [1.82, 2.24) is 0 Å². The average Bonchev–Trinajstić information content (AvgIpc) is 2.48. The largest absolute Gasteiger partial charge is 0.294 e. The van der Waals surface area contributed by atoms with Crippen LogP contribution >= 0.6 is 15.9 Å². The molecule has 2 rings (SSSR count). The zero-order valence-electron chi connectivity index (χ0n) is 10.4. The predicted octanol–water partition coefficient (Wildman–Crippen LogP) is 3.76. The van der Waals surface area contributed by atoms with Crippen LogP contribution in [-0.2, 0) is 0 Å². The molecular formula is C15H10BrFN2O. The van der Waals surface area contributed by atoms with Gasteiger partial charge in [-0.2, -0.15) is 5.26 Å². The number of benzene rings is 2. The summed E-state index contributed by atoms with van der Waals surface area (Å²) in [5, 5.41) is 8.87. The van der Waals surface area contributed by atoms with E-state index in [1.54, 1.807) is 36.4 Å². The fraction of sp³-hybridized carbons (Fsp3) is 0.0667. The maximum Gasteiger partial charge on any atom is 0.262 e. The van der Waals surface area contributed by atoms with E-state index in [4.69, 9.17) is 5.26 Å². The summed E-state index contributed by atoms with van der Waals surface area (Å²) in [6, 6.07) is 15.1. The van der Waals surface area contributed by atoms with Crippen molar-refractivity contribution in [2.75, 3.05) is 11.4 Å². The summed E-state index contributed by atoms with van der Waals surface area (Å²) in [6.45, 7) is -0.144. The van der Waals surface area contributed by atoms with Crippen LogP contribution in [0.4, 0.5) is 10.1 Å². The smallest absolute Gasteiger partial charge is 0.262 e. The normalized spacial score (nSPS) is 9.85. The lowest BCUT2D eigenvalue weighted by Crippen LogP contribution is -2.32. The maximum atomic E-state index is 14.0. The van der Waals surface area contributed by atoms with Gasteiger partial charge in [-0.25, -0.2) is 4.39 Å². The highest BCUT2D eigenvalue weighted by Crippen LogP contribution is 2.22. The molecule has 0 fully saturated rings. The number of carbonyl (C=O) groups is 1. The van der Waals surface area contributed by atoms with Crippen LogP contribution in [0.1, 0.15) is 10.4 Å². The molecule has 0 aliphatic carbocycles. The highest BCUT2D eigenvalue weighted by molar-refractivity contribution is 9.10. The van der Waals surface area contributed by atoms with E-state index in [1.807, 2.05) is 6.07 Å². The molecule has 0 heterocycles. The summed E-state index contributed by atoms with van der Waals surface area (Å²) in [5.41, 5.74) is 0.483. The Balaban J connectivity index is 2.43. The molecule has 0 aliphatic rings. The summed E-state index contributed by atoms with van der Waals surface area (Å²) in [4.78, 5) is 13.7. The average molecular weight is 333 g/mol. The predicted molar refractivity (Wildman–Crippen MR) is 77.8 cm³/mol. The Labute approximate surface area is 124 Å². The molecule has 3 nitrogen and oxygen atoms in total. The molecule has 1 amide bonds. The Morgan fingerprint density at radius 2 is 1.90 bits per heavy atom. The number of carbonyl (C=O) groups excluding carboxylic acids is 1. The summed E-state index contributed by atoms with van der Waals surface area (Å²) in [7, 11) is 0. The Bertz CT molecular complexity index is 667. The lowest BCUT2D eigenvalue weighted by atomic mass is 10.1. The number of halogens is 2. The van der Waals surface area contributed by atoms with Gasteiger partial charge in [0.25, 0.3) is 5.91 Å². The number of rotatable bonds is 3. The van der Waals surface area contributed by atoms with Crippen molar-refractivity contribution in [3.8, 4) is 6.07 Å². The first-order valence-electron chi connectivity index (χ1n) is 5.83. The van der Waals surface area contributed by atoms with Gasteiger partial charge in [0.05, 0.1) is 16.1 Å². The van der Waals surface area contributed by atoms with Crippen molar-refractivity contribution in [3.05, 3.63) is 64.4 Å². The van der Waals surface area contributed by atoms with E-state index in [1.165, 1.54) is 17.0 Å². The van der Waals surface area contributed by atoms with E-state index in [0.717, 1.165) is 0 Å². The first-order chi connectivity index (χ1) is 9.65. The fourth-order valence-corrected chi connectivity index (χ4v) is 2.14. The maximum absolute atomic E-state index is 14.0. The van der Waals surface area contributed by atoms with Crippen LogP contribution in [0.2, 0.25) is 0 Å². The molecule has 20 heavy (non-hydrogen) atoms. The molecule has 100 valence electrons. The van der Waals surface area contributed by atoms with Crippen LogP contribution < -0.4 is 4.90 Å². The number of amides is 1. The summed E-state index contributed by atoms with van der Waals surface area (Å²) >= 11 is 3.05. The molecule has 5 heteroatoms. The van der Waals surface area contributed by atoms with Crippen molar-refractivity contribution in [1.29, 1.82) is 5.26 Å². The molecule has 0 saturated heterocycles. The third-order valence-corrected chi connectivity index (χ3v) is 3.34. The molecule has 0 spiro atoms. The Hall–Kier alpha value is -2.19. The molecule has 2 aromatic rings. The quantitative estimate of drug-likeness (QED) is 0.803. The van der Waals surface area contributed by atoms with Gasteiger partial charge in [0.15, 0.2) is 0 Å². The number of nitriles is 1. The molecular weight excluding hydrogens is 323 g/mol. The summed E-state index contributed by atoms with van der Waals surface area (Å²) < 4.78 is 14.2. The summed E-state index contributed by atoms with van der Waals surface area (Å²) in [6.07, 6.45) is 0. The van der Waals surface area contributed by atoms with E-state index in [-0.39, 0.29) is 16.6 Å². The third kappa shape index (κ3) is 2.86. The van der Waals surface area contributed by atoms with Crippen LogP contribution in [0, 0.1) is 17.1 Å². The first kappa shape index (κ1) is 14.2. The van der Waals surface area contributed by atoms with Gasteiger partial charge in [-0.3, -0.25) is 9.69 Å². The highest BCUT2D eigenvalue weighted by Gasteiger charge is 2.21. The molecule has 0 bridgehead atoms. The van der Waals surface area contributed by atoms with Crippen molar-refractivity contribution in [3.63, 3.8) is 0 Å². The van der Waals surface area contributed by atoms with Gasteiger partial charge in [0.1, 0.15) is 12.4 Å². The SMILES string of the molecule is N#CCN(C(=O)c1cccc(Br)c1F)c1ccccc1. The topological polar surface area (TPSA) is 44.1 Å². The van der Waals surface area contributed by atoms with Gasteiger partial charge in [-0.1, -0.05) is 24.3 Å². The van der Waals surface area contributed by atoms with E-state index >= 15 is 0 Å². The Kier molecular flexibility index (Phi) is 4.49. The first-order valence-corrected chi connectivity index (χ1v) is 6.62. The Morgan fingerprint density at radius 1 is 1.20 bits per heavy atom. The fourth-order valence-electron chi connectivity index (χ4n) is 1.77. The van der Waals surface area contributed by atoms with Crippen molar-refractivity contribution in [2.24, 2.45) is 0 Å². The van der Waals surface area contributed by atoms with E-state index in [0.29, 0.717) is 5.69 Å². The minimum Gasteiger partial charge on any atom is -0.294 e. The lowest BCUT2D eigenvalue weighted by molar-refractivity contribution is 0.0986. The van der Waals surface area contributed by atoms with Crippen molar-refractivity contribution in [2.45, 2.75) is 0 Å². The van der Waals surface area contributed by atoms with Crippen LogP contribution in [0.5, 0.6) is 0 Å². The minimum absolute atomic E-state index is 0.0709. The molecule has 0 radical (unpaired) electrons. The van der Waals surface area contributed by atoms with Crippen LogP contribution in [0.3, 0.4) is 0 Å². The Morgan fingerprint density at radius 3 is 2.55 bits per heavy atom. The number of anilines is 1. The minimum atomic E-state index is -0.628. The molecule has 0 aliphatic heterocycles. The monoisotopic (exact) mass is 332 g/mol. The zero-order valence-corrected chi connectivity index (χ0v) is 12.0. The van der Waals surface area contributed by atoms with Crippen LogP contribution in [-0.4, -0.2) is 12.5 Å². The second kappa shape index (κ2) is 6.31. The third-order valence-electron chi connectivity index (χ3n) is 2.72. The summed E-state index contributed by atoms with van der Waals surface area (Å²) in [5.74, 6) is -1.17. The van der Waals surface area contributed by atoms with Gasteiger partial charge >= 0.3 is 0 Å². The zero-order chi connectivity index (χ0) is 14.5. The van der Waals surface area contributed by atoms with Crippen LogP contribution in [0.25, 0.3) is 0 Å². The molecule has 2 aromatic carbocycles. The molecule has 0 unspecified atom stereocenters. The standard InChI is InChI=1S/C15H10BrFN2O/c16-13-8-4-7-12(14(13)17)15(20)19(10-9-18)11-5-2-1-3-6-11/h1-8H,10H2. The molecule has 0 saturated carbocycles. The van der Waals surface area contributed by atoms with E-state index in [2.05, 4.69) is 15.9 Å². The van der Waals surface area contributed by atoms with Crippen molar-refractivity contribution < 1.29 is 9.18 Å². The number of hydrogen-bond donors (Lipinski definition) is 0. The highest BCUT2D eigenvalue weighted by atomic mass is 79.9. The lowest BCUT2D eigenvalue weighted by Gasteiger charge is -2.20. The van der Waals surface area contributed by atoms with E-state index in [9.17, 15) is 9.18 Å². The second-order valence-electron chi connectivity index (χ2n) is 3.99. The van der Waals surface area contributed by atoms with Crippen LogP contribution in [0.15, 0.2) is 53.0 Å². The van der Waals surface area contributed by atoms with Gasteiger partial charge in [0, 0.05) is 5.69 Å². The van der Waals surface area contributed by atoms with Gasteiger partial charge in [-0.05, 0) is 40.2 Å². The van der Waals surface area contributed by atoms with Gasteiger partial charge < -0.3 is 0 Å². The number of nitrogens with zero attached hydrogens (tertiary/aromatic N) is 2. The molecule has 0 aromatic heterocycles.